The van der Waals surface area contributed by atoms with Crippen molar-refractivity contribution < 1.29 is 28.6 Å². The van der Waals surface area contributed by atoms with E-state index in [0.29, 0.717) is 6.42 Å². The highest BCUT2D eigenvalue weighted by atomic mass is 19.1. The molecule has 0 aliphatic rings. The molecule has 1 aromatic rings. The second kappa shape index (κ2) is 8.02. The van der Waals surface area contributed by atoms with Gasteiger partial charge in [-0.3, -0.25) is 4.79 Å². The molecule has 0 heterocycles. The molecule has 1 atom stereocenters. The van der Waals surface area contributed by atoms with Gasteiger partial charge < -0.3 is 19.9 Å². The van der Waals surface area contributed by atoms with Crippen LogP contribution in [0.3, 0.4) is 0 Å². The largest absolute Gasteiger partial charge is 0.493 e. The van der Waals surface area contributed by atoms with E-state index in [1.165, 1.54) is 26.4 Å². The van der Waals surface area contributed by atoms with Crippen LogP contribution in [0.25, 0.3) is 0 Å². The number of halogens is 1. The molecule has 22 heavy (non-hydrogen) atoms. The molecule has 0 saturated carbocycles. The van der Waals surface area contributed by atoms with E-state index < -0.39 is 29.3 Å². The Bertz CT molecular complexity index is 573. The average molecular weight is 311 g/mol. The lowest BCUT2D eigenvalue weighted by Gasteiger charge is -2.17. The molecule has 1 aromatic carbocycles. The van der Waals surface area contributed by atoms with E-state index in [1.807, 2.05) is 0 Å². The topological polar surface area (TPSA) is 84.9 Å². The highest BCUT2D eigenvalue weighted by molar-refractivity contribution is 6.00. The molecule has 120 valence electrons. The fraction of sp³-hybridized carbons (Fsp3) is 0.333. The Balaban J connectivity index is 3.11. The summed E-state index contributed by atoms with van der Waals surface area (Å²) in [5.41, 5.74) is -0.397. The van der Waals surface area contributed by atoms with Gasteiger partial charge in [0, 0.05) is 0 Å². The molecule has 0 aliphatic heterocycles. The molecule has 0 aromatic heterocycles. The maximum absolute atomic E-state index is 13.9. The van der Waals surface area contributed by atoms with Gasteiger partial charge >= 0.3 is 5.97 Å². The fourth-order valence-corrected chi connectivity index (χ4v) is 1.89. The predicted molar refractivity (Wildman–Crippen MR) is 77.8 cm³/mol. The van der Waals surface area contributed by atoms with Gasteiger partial charge in [0.05, 0.1) is 14.2 Å². The van der Waals surface area contributed by atoms with Crippen LogP contribution in [-0.2, 0) is 4.79 Å². The lowest BCUT2D eigenvalue weighted by atomic mass is 10.1. The normalized spacial score (nSPS) is 11.4. The van der Waals surface area contributed by atoms with Crippen LogP contribution in [0, 0.1) is 5.82 Å². The van der Waals surface area contributed by atoms with Crippen molar-refractivity contribution in [2.75, 3.05) is 14.2 Å². The first-order valence-corrected chi connectivity index (χ1v) is 6.51. The molecule has 2 N–H and O–H groups in total. The minimum atomic E-state index is -1.21. The van der Waals surface area contributed by atoms with E-state index in [9.17, 15) is 14.0 Å². The Kier molecular flexibility index (Phi) is 6.37. The van der Waals surface area contributed by atoms with Crippen LogP contribution >= 0.6 is 0 Å². The number of nitrogens with one attached hydrogen (secondary N) is 1. The number of allylic oxidation sites excluding steroid dienone is 1. The number of benzene rings is 1. The average Bonchev–Trinajstić information content (AvgIpc) is 2.50. The van der Waals surface area contributed by atoms with E-state index in [0.717, 1.165) is 6.07 Å². The van der Waals surface area contributed by atoms with E-state index in [2.05, 4.69) is 11.9 Å². The molecular formula is C15H18FNO5. The van der Waals surface area contributed by atoms with Crippen molar-refractivity contribution in [3.05, 3.63) is 36.2 Å². The number of carboxylic acid groups (broad SMARTS) is 1. The fourth-order valence-electron chi connectivity index (χ4n) is 1.89. The van der Waals surface area contributed by atoms with Crippen LogP contribution in [-0.4, -0.2) is 37.2 Å². The first-order chi connectivity index (χ1) is 10.5. The monoisotopic (exact) mass is 311 g/mol. The molecule has 1 amide bonds. The highest BCUT2D eigenvalue weighted by Crippen LogP contribution is 2.32. The van der Waals surface area contributed by atoms with Crippen molar-refractivity contribution in [3.63, 3.8) is 0 Å². The lowest BCUT2D eigenvalue weighted by molar-refractivity contribution is -0.139. The molecule has 0 spiro atoms. The first kappa shape index (κ1) is 17.5. The Morgan fingerprint density at radius 3 is 2.59 bits per heavy atom. The van der Waals surface area contributed by atoms with Crippen molar-refractivity contribution in [2.24, 2.45) is 0 Å². The molecule has 0 saturated heterocycles. The van der Waals surface area contributed by atoms with E-state index in [4.69, 9.17) is 14.6 Å². The molecule has 6 nitrogen and oxygen atoms in total. The summed E-state index contributed by atoms with van der Waals surface area (Å²) in [6.07, 6.45) is 2.09. The molecule has 1 rings (SSSR count). The van der Waals surface area contributed by atoms with Gasteiger partial charge in [0.2, 0.25) is 0 Å². The number of carbonyl (C=O) groups is 2. The van der Waals surface area contributed by atoms with E-state index >= 15 is 0 Å². The van der Waals surface area contributed by atoms with E-state index in [1.54, 1.807) is 0 Å². The number of amides is 1. The summed E-state index contributed by atoms with van der Waals surface area (Å²) >= 11 is 0. The number of hydrogen-bond acceptors (Lipinski definition) is 4. The Morgan fingerprint density at radius 2 is 2.09 bits per heavy atom. The number of ether oxygens (including phenoxy) is 2. The zero-order valence-electron chi connectivity index (χ0n) is 12.4. The summed E-state index contributed by atoms with van der Waals surface area (Å²) in [4.78, 5) is 23.4. The number of aliphatic carboxylic acids is 1. The maximum Gasteiger partial charge on any atom is 0.326 e. The first-order valence-electron chi connectivity index (χ1n) is 6.51. The number of rotatable bonds is 8. The maximum atomic E-state index is 13.9. The minimum absolute atomic E-state index is 0.0899. The minimum Gasteiger partial charge on any atom is -0.493 e. The van der Waals surface area contributed by atoms with Gasteiger partial charge in [0.1, 0.15) is 17.4 Å². The molecule has 7 heteroatoms. The van der Waals surface area contributed by atoms with Crippen molar-refractivity contribution in [1.82, 2.24) is 5.32 Å². The number of hydrogen-bond donors (Lipinski definition) is 2. The molecule has 0 fully saturated rings. The second-order valence-electron chi connectivity index (χ2n) is 4.39. The third kappa shape index (κ3) is 3.97. The van der Waals surface area contributed by atoms with Crippen LogP contribution < -0.4 is 14.8 Å². The summed E-state index contributed by atoms with van der Waals surface area (Å²) in [7, 11) is 2.61. The summed E-state index contributed by atoms with van der Waals surface area (Å²) in [6, 6.07) is 1.22. The van der Waals surface area contributed by atoms with Crippen molar-refractivity contribution in [1.29, 1.82) is 0 Å². The van der Waals surface area contributed by atoms with Crippen LogP contribution in [0.5, 0.6) is 11.5 Å². The Labute approximate surface area is 127 Å². The van der Waals surface area contributed by atoms with Crippen LogP contribution in [0.4, 0.5) is 4.39 Å². The number of carboxylic acids is 1. The van der Waals surface area contributed by atoms with Crippen molar-refractivity contribution in [3.8, 4) is 11.5 Å². The smallest absolute Gasteiger partial charge is 0.326 e. The molecule has 0 bridgehead atoms. The zero-order chi connectivity index (χ0) is 16.7. The molecular weight excluding hydrogens is 293 g/mol. The quantitative estimate of drug-likeness (QED) is 0.717. The van der Waals surface area contributed by atoms with E-state index in [-0.39, 0.29) is 17.9 Å². The van der Waals surface area contributed by atoms with Crippen LogP contribution in [0.2, 0.25) is 0 Å². The Hall–Kier alpha value is -2.57. The summed E-state index contributed by atoms with van der Waals surface area (Å²) < 4.78 is 23.9. The number of methoxy groups -OCH3 is 2. The third-order valence-corrected chi connectivity index (χ3v) is 2.98. The summed E-state index contributed by atoms with van der Waals surface area (Å²) in [5.74, 6) is -2.84. The lowest BCUT2D eigenvalue weighted by Crippen LogP contribution is -2.41. The molecule has 1 unspecified atom stereocenters. The van der Waals surface area contributed by atoms with Gasteiger partial charge in [-0.1, -0.05) is 6.08 Å². The SMILES string of the molecule is C=CCCC(NC(=O)c1c(F)ccc(OC)c1OC)C(=O)O. The van der Waals surface area contributed by atoms with Crippen LogP contribution in [0.1, 0.15) is 23.2 Å². The Morgan fingerprint density at radius 1 is 1.41 bits per heavy atom. The molecule has 0 aliphatic carbocycles. The number of carbonyl (C=O) groups excluding carboxylic acids is 1. The van der Waals surface area contributed by atoms with Crippen molar-refractivity contribution >= 4 is 11.9 Å². The van der Waals surface area contributed by atoms with Gasteiger partial charge in [-0.05, 0) is 25.0 Å². The molecule has 0 radical (unpaired) electrons. The van der Waals surface area contributed by atoms with Gasteiger partial charge in [-0.2, -0.15) is 0 Å². The van der Waals surface area contributed by atoms with Crippen LogP contribution in [0.15, 0.2) is 24.8 Å². The predicted octanol–water partition coefficient (Wildman–Crippen LogP) is 1.99. The van der Waals surface area contributed by atoms with Gasteiger partial charge in [0.15, 0.2) is 11.5 Å². The standard InChI is InChI=1S/C15H18FNO5/c1-4-5-6-10(15(19)20)17-14(18)12-9(16)7-8-11(21-2)13(12)22-3/h4,7-8,10H,1,5-6H2,2-3H3,(H,17,18)(H,19,20). The second-order valence-corrected chi connectivity index (χ2v) is 4.39. The van der Waals surface area contributed by atoms with Gasteiger partial charge in [-0.25, -0.2) is 9.18 Å². The van der Waals surface area contributed by atoms with Crippen molar-refractivity contribution in [2.45, 2.75) is 18.9 Å². The van der Waals surface area contributed by atoms with Gasteiger partial charge in [0.25, 0.3) is 5.91 Å². The third-order valence-electron chi connectivity index (χ3n) is 2.98. The summed E-state index contributed by atoms with van der Waals surface area (Å²) in [6.45, 7) is 3.49. The highest BCUT2D eigenvalue weighted by Gasteiger charge is 2.26. The summed E-state index contributed by atoms with van der Waals surface area (Å²) in [5, 5.41) is 11.4. The zero-order valence-corrected chi connectivity index (χ0v) is 12.4. The van der Waals surface area contributed by atoms with Gasteiger partial charge in [-0.15, -0.1) is 6.58 Å².